The van der Waals surface area contributed by atoms with Crippen molar-refractivity contribution in [3.63, 3.8) is 0 Å². The molecule has 0 aliphatic carbocycles. The number of aryl methyl sites for hydroxylation is 1. The SMILES string of the molecule is CCCc1ccc(C=Cc2ccc(-c3ccc(OCC)c(F)c3F)cc2)c(F)c1. The van der Waals surface area contributed by atoms with Crippen LogP contribution in [0.15, 0.2) is 54.6 Å². The van der Waals surface area contributed by atoms with E-state index in [0.717, 1.165) is 24.0 Å². The molecule has 0 aromatic heterocycles. The predicted octanol–water partition coefficient (Wildman–Crippen LogP) is 7.29. The smallest absolute Gasteiger partial charge is 0.201 e. The zero-order valence-corrected chi connectivity index (χ0v) is 16.5. The van der Waals surface area contributed by atoms with Crippen LogP contribution in [0.25, 0.3) is 23.3 Å². The van der Waals surface area contributed by atoms with Gasteiger partial charge in [-0.3, -0.25) is 0 Å². The summed E-state index contributed by atoms with van der Waals surface area (Å²) >= 11 is 0. The standard InChI is InChI=1S/C25H23F3O/c1-3-5-18-9-13-20(22(26)16-18)12-8-17-6-10-19(11-7-17)21-14-15-23(29-4-2)25(28)24(21)27/h6-16H,3-5H2,1-2H3. The summed E-state index contributed by atoms with van der Waals surface area (Å²) in [5.74, 6) is -2.28. The molecule has 150 valence electrons. The molecule has 0 saturated heterocycles. The normalized spacial score (nSPS) is 11.2. The molecule has 0 amide bonds. The largest absolute Gasteiger partial charge is 0.491 e. The third-order valence-corrected chi connectivity index (χ3v) is 4.63. The summed E-state index contributed by atoms with van der Waals surface area (Å²) in [6, 6.07) is 15.2. The predicted molar refractivity (Wildman–Crippen MR) is 112 cm³/mol. The molecule has 0 fully saturated rings. The maximum Gasteiger partial charge on any atom is 0.201 e. The Morgan fingerprint density at radius 1 is 0.828 bits per heavy atom. The molecule has 29 heavy (non-hydrogen) atoms. The number of halogens is 3. The minimum Gasteiger partial charge on any atom is -0.491 e. The maximum atomic E-state index is 14.4. The first-order chi connectivity index (χ1) is 14.0. The van der Waals surface area contributed by atoms with Crippen LogP contribution in [0.4, 0.5) is 13.2 Å². The molecule has 0 aliphatic rings. The van der Waals surface area contributed by atoms with E-state index < -0.39 is 11.6 Å². The first-order valence-electron chi connectivity index (χ1n) is 9.71. The summed E-state index contributed by atoms with van der Waals surface area (Å²) in [6.45, 7) is 4.03. The van der Waals surface area contributed by atoms with Crippen LogP contribution in [0.3, 0.4) is 0 Å². The van der Waals surface area contributed by atoms with Crippen LogP contribution in [0, 0.1) is 17.5 Å². The molecule has 0 spiro atoms. The van der Waals surface area contributed by atoms with Crippen LogP contribution >= 0.6 is 0 Å². The Bertz CT molecular complexity index is 1010. The zero-order chi connectivity index (χ0) is 20.8. The Kier molecular flexibility index (Phi) is 6.76. The molecule has 0 atom stereocenters. The highest BCUT2D eigenvalue weighted by atomic mass is 19.2. The highest BCUT2D eigenvalue weighted by Gasteiger charge is 2.15. The summed E-state index contributed by atoms with van der Waals surface area (Å²) < 4.78 is 47.7. The number of benzene rings is 3. The molecule has 0 unspecified atom stereocenters. The fourth-order valence-corrected chi connectivity index (χ4v) is 3.13. The van der Waals surface area contributed by atoms with E-state index in [1.807, 2.05) is 6.07 Å². The second-order valence-electron chi connectivity index (χ2n) is 6.73. The van der Waals surface area contributed by atoms with Crippen molar-refractivity contribution >= 4 is 12.2 Å². The van der Waals surface area contributed by atoms with E-state index in [0.29, 0.717) is 11.1 Å². The van der Waals surface area contributed by atoms with Gasteiger partial charge >= 0.3 is 0 Å². The summed E-state index contributed by atoms with van der Waals surface area (Å²) in [6.07, 6.45) is 5.32. The first-order valence-corrected chi connectivity index (χ1v) is 9.71. The van der Waals surface area contributed by atoms with E-state index in [1.54, 1.807) is 55.5 Å². The Morgan fingerprint density at radius 3 is 2.24 bits per heavy atom. The van der Waals surface area contributed by atoms with E-state index in [9.17, 15) is 13.2 Å². The molecule has 0 radical (unpaired) electrons. The molecule has 1 nitrogen and oxygen atoms in total. The van der Waals surface area contributed by atoms with Crippen molar-refractivity contribution in [3.8, 4) is 16.9 Å². The fourth-order valence-electron chi connectivity index (χ4n) is 3.13. The van der Waals surface area contributed by atoms with Gasteiger partial charge in [0.25, 0.3) is 0 Å². The van der Waals surface area contributed by atoms with E-state index in [4.69, 9.17) is 4.74 Å². The summed E-state index contributed by atoms with van der Waals surface area (Å²) in [5, 5.41) is 0. The lowest BCUT2D eigenvalue weighted by Gasteiger charge is -2.09. The van der Waals surface area contributed by atoms with Crippen molar-refractivity contribution in [2.75, 3.05) is 6.61 Å². The van der Waals surface area contributed by atoms with Crippen molar-refractivity contribution < 1.29 is 17.9 Å². The van der Waals surface area contributed by atoms with Gasteiger partial charge in [-0.15, -0.1) is 0 Å². The van der Waals surface area contributed by atoms with Gasteiger partial charge in [-0.1, -0.05) is 61.9 Å². The van der Waals surface area contributed by atoms with Gasteiger partial charge in [0.2, 0.25) is 5.82 Å². The molecule has 0 bridgehead atoms. The molecule has 0 aliphatic heterocycles. The van der Waals surface area contributed by atoms with E-state index in [1.165, 1.54) is 12.1 Å². The van der Waals surface area contributed by atoms with Gasteiger partial charge in [-0.2, -0.15) is 4.39 Å². The van der Waals surface area contributed by atoms with Gasteiger partial charge in [0, 0.05) is 11.1 Å². The van der Waals surface area contributed by atoms with Crippen molar-refractivity contribution in [1.29, 1.82) is 0 Å². The molecule has 3 aromatic carbocycles. The van der Waals surface area contributed by atoms with Gasteiger partial charge in [0.05, 0.1) is 6.61 Å². The fraction of sp³-hybridized carbons (Fsp3) is 0.200. The maximum absolute atomic E-state index is 14.4. The zero-order valence-electron chi connectivity index (χ0n) is 16.5. The summed E-state index contributed by atoms with van der Waals surface area (Å²) in [4.78, 5) is 0. The molecule has 0 N–H and O–H groups in total. The molecular weight excluding hydrogens is 373 g/mol. The van der Waals surface area contributed by atoms with Crippen LogP contribution in [0.1, 0.15) is 37.0 Å². The van der Waals surface area contributed by atoms with Gasteiger partial charge in [0.15, 0.2) is 11.6 Å². The Morgan fingerprint density at radius 2 is 1.59 bits per heavy atom. The Balaban J connectivity index is 1.79. The van der Waals surface area contributed by atoms with Crippen molar-refractivity contribution in [2.24, 2.45) is 0 Å². The topological polar surface area (TPSA) is 9.23 Å². The van der Waals surface area contributed by atoms with E-state index in [2.05, 4.69) is 6.92 Å². The number of rotatable bonds is 7. The Labute approximate surface area is 169 Å². The van der Waals surface area contributed by atoms with Crippen LogP contribution in [0.5, 0.6) is 5.75 Å². The monoisotopic (exact) mass is 396 g/mol. The molecule has 0 heterocycles. The van der Waals surface area contributed by atoms with Crippen LogP contribution in [-0.4, -0.2) is 6.61 Å². The average Bonchev–Trinajstić information content (AvgIpc) is 2.72. The quantitative estimate of drug-likeness (QED) is 0.381. The number of hydrogen-bond donors (Lipinski definition) is 0. The van der Waals surface area contributed by atoms with Crippen molar-refractivity contribution in [1.82, 2.24) is 0 Å². The van der Waals surface area contributed by atoms with Crippen LogP contribution in [0.2, 0.25) is 0 Å². The minimum absolute atomic E-state index is 0.0970. The molecule has 4 heteroatoms. The van der Waals surface area contributed by atoms with Crippen LogP contribution in [-0.2, 0) is 6.42 Å². The highest BCUT2D eigenvalue weighted by molar-refractivity contribution is 5.72. The lowest BCUT2D eigenvalue weighted by Crippen LogP contribution is -1.98. The molecule has 3 rings (SSSR count). The van der Waals surface area contributed by atoms with Gasteiger partial charge < -0.3 is 4.74 Å². The molecular formula is C25H23F3O. The average molecular weight is 396 g/mol. The van der Waals surface area contributed by atoms with Crippen molar-refractivity contribution in [2.45, 2.75) is 26.7 Å². The van der Waals surface area contributed by atoms with Gasteiger partial charge in [-0.05, 0) is 48.2 Å². The van der Waals surface area contributed by atoms with Crippen molar-refractivity contribution in [3.05, 3.63) is 88.7 Å². The highest BCUT2D eigenvalue weighted by Crippen LogP contribution is 2.30. The van der Waals surface area contributed by atoms with Crippen LogP contribution < -0.4 is 4.74 Å². The third kappa shape index (κ3) is 4.89. The lowest BCUT2D eigenvalue weighted by atomic mass is 10.0. The second-order valence-corrected chi connectivity index (χ2v) is 6.73. The molecule has 3 aromatic rings. The van der Waals surface area contributed by atoms with Gasteiger partial charge in [0.1, 0.15) is 5.82 Å². The second kappa shape index (κ2) is 9.46. The minimum atomic E-state index is -0.990. The van der Waals surface area contributed by atoms with E-state index in [-0.39, 0.29) is 23.7 Å². The third-order valence-electron chi connectivity index (χ3n) is 4.63. The summed E-state index contributed by atoms with van der Waals surface area (Å²) in [5.41, 5.74) is 3.04. The first kappa shape index (κ1) is 20.7. The van der Waals surface area contributed by atoms with Gasteiger partial charge in [-0.25, -0.2) is 8.78 Å². The molecule has 0 saturated carbocycles. The van der Waals surface area contributed by atoms with E-state index >= 15 is 0 Å². The Hall–Kier alpha value is -3.01. The number of hydrogen-bond acceptors (Lipinski definition) is 1. The number of ether oxygens (including phenoxy) is 1. The summed E-state index contributed by atoms with van der Waals surface area (Å²) in [7, 11) is 0. The lowest BCUT2D eigenvalue weighted by molar-refractivity contribution is 0.314.